The molecule has 0 bridgehead atoms. The van der Waals surface area contributed by atoms with Crippen molar-refractivity contribution >= 4 is 12.0 Å². The van der Waals surface area contributed by atoms with E-state index in [2.05, 4.69) is 24.5 Å². The Morgan fingerprint density at radius 1 is 1.33 bits per heavy atom. The van der Waals surface area contributed by atoms with Gasteiger partial charge in [-0.3, -0.25) is 0 Å². The Morgan fingerprint density at radius 3 is 2.61 bits per heavy atom. The molecule has 0 aromatic heterocycles. The van der Waals surface area contributed by atoms with E-state index in [1.807, 2.05) is 0 Å². The highest BCUT2D eigenvalue weighted by Crippen LogP contribution is 2.19. The van der Waals surface area contributed by atoms with Gasteiger partial charge in [-0.2, -0.15) is 0 Å². The number of ether oxygens (including phenoxy) is 1. The van der Waals surface area contributed by atoms with Crippen molar-refractivity contribution in [2.45, 2.75) is 45.3 Å². The maximum absolute atomic E-state index is 11.4. The Hall–Kier alpha value is -1.30. The minimum Gasteiger partial charge on any atom is -0.479 e. The smallest absolute Gasteiger partial charge is 0.332 e. The number of hydrogen-bond donors (Lipinski definition) is 3. The van der Waals surface area contributed by atoms with Crippen LogP contribution in [0.3, 0.4) is 0 Å². The molecule has 18 heavy (non-hydrogen) atoms. The molecule has 1 rings (SSSR count). The van der Waals surface area contributed by atoms with Crippen LogP contribution in [0.2, 0.25) is 0 Å². The van der Waals surface area contributed by atoms with Crippen LogP contribution >= 0.6 is 0 Å². The van der Waals surface area contributed by atoms with Crippen LogP contribution in [0.4, 0.5) is 4.79 Å². The quantitative estimate of drug-likeness (QED) is 0.662. The van der Waals surface area contributed by atoms with Crippen LogP contribution in [0.15, 0.2) is 0 Å². The first-order valence-corrected chi connectivity index (χ1v) is 6.39. The minimum absolute atomic E-state index is 0.193. The van der Waals surface area contributed by atoms with Gasteiger partial charge in [0.1, 0.15) is 0 Å². The van der Waals surface area contributed by atoms with E-state index in [-0.39, 0.29) is 12.1 Å². The Kier molecular flexibility index (Phi) is 5.91. The standard InChI is InChI=1S/C12H22N2O4/c1-8(2)5-6-13-12(17)14-7-9-3-4-10(18-9)11(15)16/h8-10H,3-7H2,1-2H3,(H,15,16)(H2,13,14,17). The number of carboxylic acid groups (broad SMARTS) is 1. The molecule has 0 radical (unpaired) electrons. The number of nitrogens with one attached hydrogen (secondary N) is 2. The zero-order valence-electron chi connectivity index (χ0n) is 10.9. The number of urea groups is 1. The van der Waals surface area contributed by atoms with Crippen molar-refractivity contribution < 1.29 is 19.4 Å². The van der Waals surface area contributed by atoms with E-state index in [4.69, 9.17) is 9.84 Å². The molecule has 2 unspecified atom stereocenters. The average molecular weight is 258 g/mol. The van der Waals surface area contributed by atoms with E-state index in [0.29, 0.717) is 31.8 Å². The van der Waals surface area contributed by atoms with Crippen molar-refractivity contribution in [3.05, 3.63) is 0 Å². The average Bonchev–Trinajstić information content (AvgIpc) is 2.74. The number of amides is 2. The molecule has 0 aromatic rings. The van der Waals surface area contributed by atoms with Crippen LogP contribution < -0.4 is 10.6 Å². The summed E-state index contributed by atoms with van der Waals surface area (Å²) in [6, 6.07) is -0.224. The number of rotatable bonds is 6. The molecule has 6 nitrogen and oxygen atoms in total. The minimum atomic E-state index is -0.932. The molecule has 104 valence electrons. The highest BCUT2D eigenvalue weighted by atomic mass is 16.5. The fourth-order valence-corrected chi connectivity index (χ4v) is 1.78. The molecule has 6 heteroatoms. The second kappa shape index (κ2) is 7.20. The molecule has 1 aliphatic heterocycles. The van der Waals surface area contributed by atoms with Crippen LogP contribution in [-0.2, 0) is 9.53 Å². The van der Waals surface area contributed by atoms with Gasteiger partial charge in [0.05, 0.1) is 6.10 Å². The lowest BCUT2D eigenvalue weighted by Crippen LogP contribution is -2.40. The zero-order chi connectivity index (χ0) is 13.5. The first-order valence-electron chi connectivity index (χ1n) is 6.39. The number of carbonyl (C=O) groups is 2. The first kappa shape index (κ1) is 14.8. The highest BCUT2D eigenvalue weighted by Gasteiger charge is 2.30. The van der Waals surface area contributed by atoms with Gasteiger partial charge >= 0.3 is 12.0 Å². The summed E-state index contributed by atoms with van der Waals surface area (Å²) >= 11 is 0. The summed E-state index contributed by atoms with van der Waals surface area (Å²) in [5.74, 6) is -0.376. The third-order valence-corrected chi connectivity index (χ3v) is 2.88. The second-order valence-corrected chi connectivity index (χ2v) is 4.98. The Labute approximate surface area is 107 Å². The third kappa shape index (κ3) is 5.35. The van der Waals surface area contributed by atoms with Gasteiger partial charge in [-0.05, 0) is 25.2 Å². The SMILES string of the molecule is CC(C)CCNC(=O)NCC1CCC(C(=O)O)O1. The fraction of sp³-hybridized carbons (Fsp3) is 0.833. The predicted molar refractivity (Wildman–Crippen MR) is 66.4 cm³/mol. The molecule has 3 N–H and O–H groups in total. The first-order chi connectivity index (χ1) is 8.49. The summed E-state index contributed by atoms with van der Waals surface area (Å²) in [4.78, 5) is 22.1. The lowest BCUT2D eigenvalue weighted by atomic mass is 10.1. The number of aliphatic carboxylic acids is 1. The van der Waals surface area contributed by atoms with Crippen molar-refractivity contribution in [1.82, 2.24) is 10.6 Å². The maximum Gasteiger partial charge on any atom is 0.332 e. The summed E-state index contributed by atoms with van der Waals surface area (Å²) in [7, 11) is 0. The Bertz CT molecular complexity index is 294. The van der Waals surface area contributed by atoms with E-state index in [9.17, 15) is 9.59 Å². The predicted octanol–water partition coefficient (Wildman–Crippen LogP) is 0.964. The lowest BCUT2D eigenvalue weighted by molar-refractivity contribution is -0.149. The molecule has 1 fully saturated rings. The molecular formula is C12H22N2O4. The van der Waals surface area contributed by atoms with Crippen LogP contribution in [-0.4, -0.2) is 42.4 Å². The Morgan fingerprint density at radius 2 is 2.06 bits per heavy atom. The number of carboxylic acids is 1. The highest BCUT2D eigenvalue weighted by molar-refractivity contribution is 5.74. The van der Waals surface area contributed by atoms with Gasteiger partial charge < -0.3 is 20.5 Å². The summed E-state index contributed by atoms with van der Waals surface area (Å²) in [5.41, 5.74) is 0. The van der Waals surface area contributed by atoms with Crippen molar-refractivity contribution in [3.63, 3.8) is 0 Å². The monoisotopic (exact) mass is 258 g/mol. The van der Waals surface area contributed by atoms with E-state index in [0.717, 1.165) is 6.42 Å². The van der Waals surface area contributed by atoms with Crippen molar-refractivity contribution in [1.29, 1.82) is 0 Å². The van der Waals surface area contributed by atoms with Crippen molar-refractivity contribution in [2.75, 3.05) is 13.1 Å². The van der Waals surface area contributed by atoms with Crippen LogP contribution in [0, 0.1) is 5.92 Å². The molecule has 0 saturated carbocycles. The maximum atomic E-state index is 11.4. The normalized spacial score (nSPS) is 23.1. The molecule has 1 heterocycles. The third-order valence-electron chi connectivity index (χ3n) is 2.88. The van der Waals surface area contributed by atoms with Crippen LogP contribution in [0.1, 0.15) is 33.1 Å². The van der Waals surface area contributed by atoms with E-state index in [1.54, 1.807) is 0 Å². The van der Waals surface area contributed by atoms with Gasteiger partial charge in [0.15, 0.2) is 6.10 Å². The Balaban J connectivity index is 2.10. The molecule has 2 amide bonds. The van der Waals surface area contributed by atoms with Gasteiger partial charge in [-0.1, -0.05) is 13.8 Å². The molecule has 1 aliphatic rings. The molecule has 0 aromatic carbocycles. The summed E-state index contributed by atoms with van der Waals surface area (Å²) in [5, 5.41) is 14.2. The summed E-state index contributed by atoms with van der Waals surface area (Å²) < 4.78 is 5.27. The molecule has 2 atom stereocenters. The topological polar surface area (TPSA) is 87.7 Å². The second-order valence-electron chi connectivity index (χ2n) is 4.98. The fourth-order valence-electron chi connectivity index (χ4n) is 1.78. The number of hydrogen-bond acceptors (Lipinski definition) is 3. The van der Waals surface area contributed by atoms with E-state index >= 15 is 0 Å². The van der Waals surface area contributed by atoms with Gasteiger partial charge in [0.2, 0.25) is 0 Å². The number of carbonyl (C=O) groups excluding carboxylic acids is 1. The molecule has 1 saturated heterocycles. The largest absolute Gasteiger partial charge is 0.479 e. The zero-order valence-corrected chi connectivity index (χ0v) is 10.9. The van der Waals surface area contributed by atoms with Gasteiger partial charge in [0.25, 0.3) is 0 Å². The van der Waals surface area contributed by atoms with E-state index < -0.39 is 12.1 Å². The summed E-state index contributed by atoms with van der Waals surface area (Å²) in [6.45, 7) is 5.19. The van der Waals surface area contributed by atoms with Gasteiger partial charge in [0, 0.05) is 13.1 Å². The molecule has 0 spiro atoms. The van der Waals surface area contributed by atoms with Crippen molar-refractivity contribution in [2.24, 2.45) is 5.92 Å². The summed E-state index contributed by atoms with van der Waals surface area (Å²) in [6.07, 6.45) is 1.21. The van der Waals surface area contributed by atoms with E-state index in [1.165, 1.54) is 0 Å². The molecule has 0 aliphatic carbocycles. The van der Waals surface area contributed by atoms with Crippen molar-refractivity contribution in [3.8, 4) is 0 Å². The molecular weight excluding hydrogens is 236 g/mol. The van der Waals surface area contributed by atoms with Crippen LogP contribution in [0.25, 0.3) is 0 Å². The van der Waals surface area contributed by atoms with Gasteiger partial charge in [-0.25, -0.2) is 9.59 Å². The van der Waals surface area contributed by atoms with Gasteiger partial charge in [-0.15, -0.1) is 0 Å². The van der Waals surface area contributed by atoms with Crippen LogP contribution in [0.5, 0.6) is 0 Å². The lowest BCUT2D eigenvalue weighted by Gasteiger charge is -2.13.